The van der Waals surface area contributed by atoms with Crippen LogP contribution in [0.15, 0.2) is 22.9 Å². The Bertz CT molecular complexity index is 238. The molecule has 1 aromatic heterocycles. The number of allylic oxidation sites excluding steroid dienone is 1. The van der Waals surface area contributed by atoms with E-state index >= 15 is 0 Å². The number of rotatable bonds is 2. The number of halogens is 1. The van der Waals surface area contributed by atoms with Crippen LogP contribution >= 0.6 is 22.9 Å². The van der Waals surface area contributed by atoms with Gasteiger partial charge in [-0.15, -0.1) is 0 Å². The van der Waals surface area contributed by atoms with Crippen LogP contribution in [0, 0.1) is 0 Å². The topological polar surface area (TPSA) is 17.1 Å². The Morgan fingerprint density at radius 1 is 1.70 bits per heavy atom. The van der Waals surface area contributed by atoms with Gasteiger partial charge in [0.15, 0.2) is 0 Å². The second-order valence-electron chi connectivity index (χ2n) is 1.69. The van der Waals surface area contributed by atoms with E-state index in [1.807, 2.05) is 16.8 Å². The Balaban J connectivity index is 2.64. The van der Waals surface area contributed by atoms with Crippen LogP contribution in [0.3, 0.4) is 0 Å². The van der Waals surface area contributed by atoms with E-state index in [9.17, 15) is 4.79 Å². The molecule has 0 saturated heterocycles. The zero-order valence-corrected chi connectivity index (χ0v) is 6.65. The summed E-state index contributed by atoms with van der Waals surface area (Å²) in [5.41, 5.74) is 1.01. The molecule has 0 amide bonds. The Morgan fingerprint density at radius 2 is 2.50 bits per heavy atom. The van der Waals surface area contributed by atoms with E-state index in [0.29, 0.717) is 0 Å². The molecule has 3 heteroatoms. The van der Waals surface area contributed by atoms with Crippen LogP contribution in [0.4, 0.5) is 0 Å². The van der Waals surface area contributed by atoms with Gasteiger partial charge >= 0.3 is 0 Å². The van der Waals surface area contributed by atoms with Crippen molar-refractivity contribution in [2.75, 3.05) is 0 Å². The highest BCUT2D eigenvalue weighted by atomic mass is 35.5. The van der Waals surface area contributed by atoms with Crippen LogP contribution < -0.4 is 0 Å². The number of hydrogen-bond acceptors (Lipinski definition) is 2. The monoisotopic (exact) mass is 172 g/mol. The summed E-state index contributed by atoms with van der Waals surface area (Å²) in [6, 6.07) is 1.92. The molecule has 0 N–H and O–H groups in total. The van der Waals surface area contributed by atoms with Gasteiger partial charge in [-0.2, -0.15) is 11.3 Å². The van der Waals surface area contributed by atoms with Crippen LogP contribution in [-0.2, 0) is 4.79 Å². The molecule has 1 nitrogen and oxygen atoms in total. The van der Waals surface area contributed by atoms with Crippen molar-refractivity contribution in [3.8, 4) is 0 Å². The Labute approximate surface area is 67.9 Å². The van der Waals surface area contributed by atoms with E-state index in [0.717, 1.165) is 5.56 Å². The van der Waals surface area contributed by atoms with Crippen molar-refractivity contribution in [2.45, 2.75) is 0 Å². The fraction of sp³-hybridized carbons (Fsp3) is 0. The minimum atomic E-state index is -0.439. The van der Waals surface area contributed by atoms with Gasteiger partial charge in [0.1, 0.15) is 0 Å². The minimum absolute atomic E-state index is 0.439. The summed E-state index contributed by atoms with van der Waals surface area (Å²) in [5, 5.41) is 3.44. The second-order valence-corrected chi connectivity index (χ2v) is 2.85. The highest BCUT2D eigenvalue weighted by Crippen LogP contribution is 2.07. The van der Waals surface area contributed by atoms with Gasteiger partial charge in [0.25, 0.3) is 0 Å². The first-order chi connectivity index (χ1) is 4.79. The maximum atomic E-state index is 10.2. The number of hydrogen-bond donors (Lipinski definition) is 0. The molecule has 0 fully saturated rings. The molecule has 0 spiro atoms. The fourth-order valence-electron chi connectivity index (χ4n) is 0.532. The third-order valence-electron chi connectivity index (χ3n) is 0.950. The summed E-state index contributed by atoms with van der Waals surface area (Å²) >= 11 is 6.66. The molecule has 0 radical (unpaired) electrons. The first-order valence-corrected chi connectivity index (χ1v) is 4.01. The van der Waals surface area contributed by atoms with E-state index in [4.69, 9.17) is 11.6 Å². The summed E-state index contributed by atoms with van der Waals surface area (Å²) in [6.07, 6.45) is 3.02. The molecule has 0 aromatic carbocycles. The van der Waals surface area contributed by atoms with E-state index in [1.165, 1.54) is 6.08 Å². The van der Waals surface area contributed by atoms with Crippen molar-refractivity contribution >= 4 is 34.3 Å². The van der Waals surface area contributed by atoms with Gasteiger partial charge < -0.3 is 0 Å². The molecule has 1 aromatic rings. The van der Waals surface area contributed by atoms with Gasteiger partial charge in [-0.1, -0.05) is 0 Å². The lowest BCUT2D eigenvalue weighted by Gasteiger charge is -1.78. The summed E-state index contributed by atoms with van der Waals surface area (Å²) < 4.78 is 0. The predicted octanol–water partition coefficient (Wildman–Crippen LogP) is 2.53. The third kappa shape index (κ3) is 2.33. The standard InChI is InChI=1S/C7H5ClOS/c8-7(9)2-1-6-3-4-10-5-6/h1-5H. The van der Waals surface area contributed by atoms with Gasteiger partial charge in [0.05, 0.1) is 0 Å². The molecule has 0 aliphatic carbocycles. The lowest BCUT2D eigenvalue weighted by molar-refractivity contribution is -0.107. The average Bonchev–Trinajstić information content (AvgIpc) is 2.34. The van der Waals surface area contributed by atoms with Crippen LogP contribution in [0.25, 0.3) is 6.08 Å². The van der Waals surface area contributed by atoms with Gasteiger partial charge in [-0.25, -0.2) is 0 Å². The fourth-order valence-corrected chi connectivity index (χ4v) is 1.22. The van der Waals surface area contributed by atoms with Gasteiger partial charge in [-0.05, 0) is 46.1 Å². The maximum Gasteiger partial charge on any atom is 0.245 e. The van der Waals surface area contributed by atoms with Crippen molar-refractivity contribution in [3.63, 3.8) is 0 Å². The van der Waals surface area contributed by atoms with E-state index < -0.39 is 5.24 Å². The normalized spacial score (nSPS) is 10.5. The summed E-state index contributed by atoms with van der Waals surface area (Å²) in [5.74, 6) is 0. The van der Waals surface area contributed by atoms with Crippen molar-refractivity contribution < 1.29 is 4.79 Å². The Morgan fingerprint density at radius 3 is 3.00 bits per heavy atom. The van der Waals surface area contributed by atoms with E-state index in [-0.39, 0.29) is 0 Å². The molecule has 52 valence electrons. The van der Waals surface area contributed by atoms with Crippen molar-refractivity contribution in [1.82, 2.24) is 0 Å². The van der Waals surface area contributed by atoms with Crippen molar-refractivity contribution in [2.24, 2.45) is 0 Å². The molecule has 1 rings (SSSR count). The SMILES string of the molecule is O=C(Cl)C=Cc1ccsc1. The molecule has 0 saturated carbocycles. The molecule has 0 aliphatic rings. The van der Waals surface area contributed by atoms with E-state index in [2.05, 4.69) is 0 Å². The first-order valence-electron chi connectivity index (χ1n) is 2.69. The van der Waals surface area contributed by atoms with Crippen LogP contribution in [-0.4, -0.2) is 5.24 Å². The van der Waals surface area contributed by atoms with Crippen LogP contribution in [0.5, 0.6) is 0 Å². The molecule has 10 heavy (non-hydrogen) atoms. The highest BCUT2D eigenvalue weighted by Gasteiger charge is 1.87. The lowest BCUT2D eigenvalue weighted by atomic mass is 10.3. The van der Waals surface area contributed by atoms with Crippen LogP contribution in [0.1, 0.15) is 5.56 Å². The predicted molar refractivity (Wildman–Crippen MR) is 44.2 cm³/mol. The van der Waals surface area contributed by atoms with Gasteiger partial charge in [-0.3, -0.25) is 4.79 Å². The summed E-state index contributed by atoms with van der Waals surface area (Å²) in [7, 11) is 0. The third-order valence-corrected chi connectivity index (χ3v) is 1.78. The zero-order chi connectivity index (χ0) is 7.40. The number of carbonyl (C=O) groups excluding carboxylic acids is 1. The van der Waals surface area contributed by atoms with Crippen molar-refractivity contribution in [1.29, 1.82) is 0 Å². The molecule has 0 atom stereocenters. The average molecular weight is 173 g/mol. The second kappa shape index (κ2) is 3.54. The zero-order valence-electron chi connectivity index (χ0n) is 5.08. The summed E-state index contributed by atoms with van der Waals surface area (Å²) in [4.78, 5) is 10.2. The molecular weight excluding hydrogens is 168 g/mol. The Hall–Kier alpha value is -0.600. The molecule has 0 bridgehead atoms. The van der Waals surface area contributed by atoms with Gasteiger partial charge in [0, 0.05) is 0 Å². The first kappa shape index (κ1) is 7.51. The largest absolute Gasteiger partial charge is 0.276 e. The number of thiophene rings is 1. The lowest BCUT2D eigenvalue weighted by Crippen LogP contribution is -1.72. The minimum Gasteiger partial charge on any atom is -0.276 e. The molecular formula is C7H5ClOS. The smallest absolute Gasteiger partial charge is 0.245 e. The highest BCUT2D eigenvalue weighted by molar-refractivity contribution is 7.08. The van der Waals surface area contributed by atoms with Crippen LogP contribution in [0.2, 0.25) is 0 Å². The maximum absolute atomic E-state index is 10.2. The van der Waals surface area contributed by atoms with Gasteiger partial charge in [0.2, 0.25) is 5.24 Å². The Kier molecular flexibility index (Phi) is 2.66. The van der Waals surface area contributed by atoms with E-state index in [1.54, 1.807) is 17.4 Å². The van der Waals surface area contributed by atoms with Crippen molar-refractivity contribution in [3.05, 3.63) is 28.5 Å². The quantitative estimate of drug-likeness (QED) is 0.495. The summed E-state index contributed by atoms with van der Waals surface area (Å²) in [6.45, 7) is 0. The molecule has 1 heterocycles. The molecule has 0 aliphatic heterocycles. The molecule has 0 unspecified atom stereocenters. The number of carbonyl (C=O) groups is 1.